The van der Waals surface area contributed by atoms with Gasteiger partial charge in [-0.2, -0.15) is 0 Å². The first-order valence-electron chi connectivity index (χ1n) is 4.46. The largest absolute Gasteiger partial charge is 0.469 e. The second-order valence-corrected chi connectivity index (χ2v) is 3.15. The van der Waals surface area contributed by atoms with Crippen LogP contribution in [-0.4, -0.2) is 25.2 Å². The minimum absolute atomic E-state index is 0.0934. The van der Waals surface area contributed by atoms with Crippen LogP contribution in [0.25, 0.3) is 0 Å². The lowest BCUT2D eigenvalue weighted by Gasteiger charge is -2.34. The van der Waals surface area contributed by atoms with Crippen LogP contribution in [0.4, 0.5) is 0 Å². The third-order valence-corrected chi connectivity index (χ3v) is 2.21. The monoisotopic (exact) mass is 186 g/mol. The SMILES string of the molecule is CCC[C@@H]1C(=O)O[C@H]1CC(=O)OC. The van der Waals surface area contributed by atoms with Crippen LogP contribution >= 0.6 is 0 Å². The summed E-state index contributed by atoms with van der Waals surface area (Å²) in [6, 6.07) is 0. The molecular formula is C9H14O4. The van der Waals surface area contributed by atoms with E-state index >= 15 is 0 Å². The van der Waals surface area contributed by atoms with Crippen LogP contribution in [0.2, 0.25) is 0 Å². The topological polar surface area (TPSA) is 52.6 Å². The van der Waals surface area contributed by atoms with Crippen LogP contribution in [0.1, 0.15) is 26.2 Å². The Morgan fingerprint density at radius 1 is 1.62 bits per heavy atom. The molecule has 0 aromatic heterocycles. The number of ether oxygens (including phenoxy) is 2. The van der Waals surface area contributed by atoms with Crippen molar-refractivity contribution in [1.29, 1.82) is 0 Å². The van der Waals surface area contributed by atoms with Crippen molar-refractivity contribution in [2.45, 2.75) is 32.3 Å². The molecule has 0 aromatic carbocycles. The van der Waals surface area contributed by atoms with Crippen LogP contribution < -0.4 is 0 Å². The molecule has 2 atom stereocenters. The maximum Gasteiger partial charge on any atom is 0.313 e. The first kappa shape index (κ1) is 10.0. The van der Waals surface area contributed by atoms with E-state index in [0.29, 0.717) is 0 Å². The average molecular weight is 186 g/mol. The zero-order valence-corrected chi connectivity index (χ0v) is 7.91. The van der Waals surface area contributed by atoms with E-state index in [-0.39, 0.29) is 30.4 Å². The standard InChI is InChI=1S/C9H14O4/c1-3-4-6-7(13-9(6)11)5-8(10)12-2/h6-7H,3-5H2,1-2H3/t6-,7-/m0/s1. The number of carbonyl (C=O) groups excluding carboxylic acids is 2. The van der Waals surface area contributed by atoms with E-state index in [2.05, 4.69) is 4.74 Å². The Kier molecular flexibility index (Phi) is 3.28. The zero-order valence-electron chi connectivity index (χ0n) is 7.91. The summed E-state index contributed by atoms with van der Waals surface area (Å²) in [5.74, 6) is -0.599. The van der Waals surface area contributed by atoms with Gasteiger partial charge in [0.25, 0.3) is 0 Å². The average Bonchev–Trinajstić information content (AvgIpc) is 2.13. The van der Waals surface area contributed by atoms with Crippen LogP contribution in [0.15, 0.2) is 0 Å². The van der Waals surface area contributed by atoms with Gasteiger partial charge in [0, 0.05) is 0 Å². The molecule has 0 spiro atoms. The lowest BCUT2D eigenvalue weighted by atomic mass is 9.90. The normalized spacial score (nSPS) is 26.2. The summed E-state index contributed by atoms with van der Waals surface area (Å²) < 4.78 is 9.33. The molecule has 13 heavy (non-hydrogen) atoms. The van der Waals surface area contributed by atoms with Crippen molar-refractivity contribution in [2.24, 2.45) is 5.92 Å². The third-order valence-electron chi connectivity index (χ3n) is 2.21. The molecule has 1 saturated heterocycles. The predicted molar refractivity (Wildman–Crippen MR) is 44.9 cm³/mol. The minimum atomic E-state index is -0.321. The summed E-state index contributed by atoms with van der Waals surface area (Å²) >= 11 is 0. The van der Waals surface area contributed by atoms with Gasteiger partial charge in [-0.05, 0) is 6.42 Å². The van der Waals surface area contributed by atoms with Crippen LogP contribution in [0.5, 0.6) is 0 Å². The van der Waals surface area contributed by atoms with Gasteiger partial charge in [0.05, 0.1) is 19.4 Å². The number of hydrogen-bond donors (Lipinski definition) is 0. The first-order chi connectivity index (χ1) is 6.19. The summed E-state index contributed by atoms with van der Waals surface area (Å²) in [6.07, 6.45) is 1.66. The molecule has 4 nitrogen and oxygen atoms in total. The third kappa shape index (κ3) is 2.20. The molecule has 74 valence electrons. The fourth-order valence-corrected chi connectivity index (χ4v) is 1.44. The smallest absolute Gasteiger partial charge is 0.313 e. The molecule has 1 rings (SSSR count). The van der Waals surface area contributed by atoms with Gasteiger partial charge >= 0.3 is 11.9 Å². The highest BCUT2D eigenvalue weighted by Gasteiger charge is 2.42. The lowest BCUT2D eigenvalue weighted by molar-refractivity contribution is -0.188. The second kappa shape index (κ2) is 4.25. The molecule has 0 radical (unpaired) electrons. The van der Waals surface area contributed by atoms with Gasteiger partial charge in [0.2, 0.25) is 0 Å². The number of esters is 2. The van der Waals surface area contributed by atoms with Gasteiger partial charge in [0.15, 0.2) is 0 Å². The highest BCUT2D eigenvalue weighted by molar-refractivity contribution is 5.81. The summed E-state index contributed by atoms with van der Waals surface area (Å²) in [7, 11) is 1.33. The van der Waals surface area contributed by atoms with Crippen molar-refractivity contribution >= 4 is 11.9 Å². The lowest BCUT2D eigenvalue weighted by Crippen LogP contribution is -2.46. The Hall–Kier alpha value is -1.06. The molecule has 1 aliphatic heterocycles. The summed E-state index contributed by atoms with van der Waals surface area (Å²) in [6.45, 7) is 2.00. The first-order valence-corrected chi connectivity index (χ1v) is 4.46. The molecule has 0 saturated carbocycles. The molecule has 0 aliphatic carbocycles. The summed E-state index contributed by atoms with van der Waals surface area (Å²) in [5, 5.41) is 0. The fraction of sp³-hybridized carbons (Fsp3) is 0.778. The van der Waals surface area contributed by atoms with E-state index in [0.717, 1.165) is 12.8 Å². The van der Waals surface area contributed by atoms with Gasteiger partial charge in [-0.3, -0.25) is 9.59 Å². The molecule has 0 aromatic rings. The van der Waals surface area contributed by atoms with Crippen molar-refractivity contribution in [3.8, 4) is 0 Å². The van der Waals surface area contributed by atoms with E-state index in [1.54, 1.807) is 0 Å². The van der Waals surface area contributed by atoms with E-state index in [1.165, 1.54) is 7.11 Å². The Bertz CT molecular complexity index is 210. The van der Waals surface area contributed by atoms with Gasteiger partial charge in [0.1, 0.15) is 6.10 Å². The Morgan fingerprint density at radius 3 is 2.77 bits per heavy atom. The maximum atomic E-state index is 10.9. The van der Waals surface area contributed by atoms with E-state index in [4.69, 9.17) is 4.74 Å². The number of cyclic esters (lactones) is 1. The molecule has 0 amide bonds. The highest BCUT2D eigenvalue weighted by Crippen LogP contribution is 2.29. The number of hydrogen-bond acceptors (Lipinski definition) is 4. The second-order valence-electron chi connectivity index (χ2n) is 3.15. The zero-order chi connectivity index (χ0) is 9.84. The highest BCUT2D eigenvalue weighted by atomic mass is 16.6. The number of methoxy groups -OCH3 is 1. The van der Waals surface area contributed by atoms with E-state index in [1.807, 2.05) is 6.92 Å². The number of rotatable bonds is 4. The van der Waals surface area contributed by atoms with Crippen LogP contribution in [0, 0.1) is 5.92 Å². The molecule has 4 heteroatoms. The van der Waals surface area contributed by atoms with Crippen molar-refractivity contribution < 1.29 is 19.1 Å². The van der Waals surface area contributed by atoms with Crippen molar-refractivity contribution in [3.63, 3.8) is 0 Å². The minimum Gasteiger partial charge on any atom is -0.469 e. The molecule has 0 bridgehead atoms. The number of carbonyl (C=O) groups is 2. The van der Waals surface area contributed by atoms with Crippen LogP contribution in [-0.2, 0) is 19.1 Å². The summed E-state index contributed by atoms with van der Waals surface area (Å²) in [5.41, 5.74) is 0. The molecule has 1 heterocycles. The fourth-order valence-electron chi connectivity index (χ4n) is 1.44. The van der Waals surface area contributed by atoms with Crippen molar-refractivity contribution in [3.05, 3.63) is 0 Å². The maximum absolute atomic E-state index is 10.9. The van der Waals surface area contributed by atoms with E-state index in [9.17, 15) is 9.59 Å². The predicted octanol–water partition coefficient (Wildman–Crippen LogP) is 0.891. The molecule has 0 unspecified atom stereocenters. The Labute approximate surface area is 77.2 Å². The van der Waals surface area contributed by atoms with Gasteiger partial charge < -0.3 is 9.47 Å². The molecule has 0 N–H and O–H groups in total. The van der Waals surface area contributed by atoms with Gasteiger partial charge in [-0.25, -0.2) is 0 Å². The summed E-state index contributed by atoms with van der Waals surface area (Å²) in [4.78, 5) is 21.8. The molecule has 1 aliphatic rings. The van der Waals surface area contributed by atoms with Gasteiger partial charge in [-0.15, -0.1) is 0 Å². The van der Waals surface area contributed by atoms with Crippen LogP contribution in [0.3, 0.4) is 0 Å². The van der Waals surface area contributed by atoms with Crippen molar-refractivity contribution in [2.75, 3.05) is 7.11 Å². The van der Waals surface area contributed by atoms with Crippen molar-refractivity contribution in [1.82, 2.24) is 0 Å². The molecule has 1 fully saturated rings. The van der Waals surface area contributed by atoms with Gasteiger partial charge in [-0.1, -0.05) is 13.3 Å². The Morgan fingerprint density at radius 2 is 2.31 bits per heavy atom. The van der Waals surface area contributed by atoms with E-state index < -0.39 is 0 Å². The quantitative estimate of drug-likeness (QED) is 0.612. The Balaban J connectivity index is 2.35. The molecular weight excluding hydrogens is 172 g/mol.